The molecule has 0 radical (unpaired) electrons. The molecule has 1 aliphatic rings. The second kappa shape index (κ2) is 5.29. The largest absolute Gasteiger partial charge is 0.335 e. The van der Waals surface area contributed by atoms with Crippen LogP contribution in [0.3, 0.4) is 0 Å². The molecule has 1 heterocycles. The van der Waals surface area contributed by atoms with E-state index >= 15 is 0 Å². The number of nitrogens with one attached hydrogen (secondary N) is 1. The van der Waals surface area contributed by atoms with E-state index in [-0.39, 0.29) is 11.9 Å². The molecule has 0 aliphatic carbocycles. The molecule has 1 aliphatic heterocycles. The van der Waals surface area contributed by atoms with E-state index in [1.165, 1.54) is 0 Å². The van der Waals surface area contributed by atoms with Crippen molar-refractivity contribution in [3.05, 3.63) is 0 Å². The zero-order valence-electron chi connectivity index (χ0n) is 8.99. The molecule has 1 rings (SSSR count). The van der Waals surface area contributed by atoms with Crippen LogP contribution in [0.1, 0.15) is 0 Å². The Morgan fingerprint density at radius 1 is 1.57 bits per heavy atom. The van der Waals surface area contributed by atoms with Gasteiger partial charge in [-0.15, -0.1) is 0 Å². The minimum atomic E-state index is 0.149. The Balaban J connectivity index is 2.53. The molecule has 0 aromatic rings. The lowest BCUT2D eigenvalue weighted by Crippen LogP contribution is -2.58. The summed E-state index contributed by atoms with van der Waals surface area (Å²) in [5.41, 5.74) is 5.65. The van der Waals surface area contributed by atoms with E-state index in [0.29, 0.717) is 13.1 Å². The predicted molar refractivity (Wildman–Crippen MR) is 56.0 cm³/mol. The quantitative estimate of drug-likeness (QED) is 0.570. The number of carbonyl (C=O) groups is 1. The van der Waals surface area contributed by atoms with Crippen LogP contribution in [0.25, 0.3) is 0 Å². The molecule has 1 atom stereocenters. The number of likely N-dealkylation sites (N-methyl/N-ethyl adjacent to an activating group) is 2. The van der Waals surface area contributed by atoms with Crippen LogP contribution in [0.5, 0.6) is 0 Å². The summed E-state index contributed by atoms with van der Waals surface area (Å²) in [4.78, 5) is 15.8. The lowest BCUT2D eigenvalue weighted by Gasteiger charge is -2.39. The third-order valence-corrected chi connectivity index (χ3v) is 2.61. The first-order chi connectivity index (χ1) is 6.69. The molecule has 0 bridgehead atoms. The van der Waals surface area contributed by atoms with Crippen LogP contribution in [0, 0.1) is 0 Å². The van der Waals surface area contributed by atoms with Gasteiger partial charge in [0.1, 0.15) is 0 Å². The summed E-state index contributed by atoms with van der Waals surface area (Å²) < 4.78 is 0. The van der Waals surface area contributed by atoms with Gasteiger partial charge < -0.3 is 20.9 Å². The first-order valence-corrected chi connectivity index (χ1v) is 5.01. The molecular formula is C9H20N4O. The van der Waals surface area contributed by atoms with Crippen molar-refractivity contribution in [1.29, 1.82) is 0 Å². The molecule has 5 heteroatoms. The first-order valence-electron chi connectivity index (χ1n) is 5.01. The summed E-state index contributed by atoms with van der Waals surface area (Å²) in [6, 6.07) is 0.176. The van der Waals surface area contributed by atoms with Crippen LogP contribution in [-0.2, 0) is 4.79 Å². The molecule has 1 amide bonds. The van der Waals surface area contributed by atoms with Gasteiger partial charge in [0.05, 0.1) is 12.6 Å². The number of nitrogens with two attached hydrogens (primary N) is 1. The smallest absolute Gasteiger partial charge is 0.236 e. The van der Waals surface area contributed by atoms with E-state index in [1.54, 1.807) is 7.05 Å². The minimum Gasteiger partial charge on any atom is -0.335 e. The van der Waals surface area contributed by atoms with Crippen molar-refractivity contribution in [2.24, 2.45) is 5.73 Å². The molecule has 82 valence electrons. The second-order valence-electron chi connectivity index (χ2n) is 3.77. The van der Waals surface area contributed by atoms with Crippen LogP contribution in [0.4, 0.5) is 0 Å². The summed E-state index contributed by atoms with van der Waals surface area (Å²) in [6.45, 7) is 3.55. The normalized spacial score (nSPS) is 23.9. The monoisotopic (exact) mass is 200 g/mol. The maximum atomic E-state index is 11.7. The Labute approximate surface area is 85.2 Å². The van der Waals surface area contributed by atoms with Crippen molar-refractivity contribution in [2.75, 3.05) is 46.8 Å². The van der Waals surface area contributed by atoms with Gasteiger partial charge in [-0.1, -0.05) is 0 Å². The van der Waals surface area contributed by atoms with Crippen molar-refractivity contribution in [2.45, 2.75) is 6.04 Å². The van der Waals surface area contributed by atoms with Crippen molar-refractivity contribution < 1.29 is 4.79 Å². The summed E-state index contributed by atoms with van der Waals surface area (Å²) >= 11 is 0. The number of amides is 1. The minimum absolute atomic E-state index is 0.149. The first kappa shape index (κ1) is 11.4. The van der Waals surface area contributed by atoms with Crippen LogP contribution in [0.2, 0.25) is 0 Å². The molecule has 0 aromatic carbocycles. The highest BCUT2D eigenvalue weighted by molar-refractivity contribution is 5.78. The zero-order valence-corrected chi connectivity index (χ0v) is 8.99. The highest BCUT2D eigenvalue weighted by atomic mass is 16.2. The zero-order chi connectivity index (χ0) is 10.6. The molecular weight excluding hydrogens is 180 g/mol. The molecule has 0 spiro atoms. The Morgan fingerprint density at radius 2 is 2.29 bits per heavy atom. The molecule has 3 N–H and O–H groups in total. The molecule has 1 saturated heterocycles. The fraction of sp³-hybridized carbons (Fsp3) is 0.889. The van der Waals surface area contributed by atoms with Crippen LogP contribution >= 0.6 is 0 Å². The van der Waals surface area contributed by atoms with Crippen molar-refractivity contribution in [3.8, 4) is 0 Å². The van der Waals surface area contributed by atoms with E-state index in [1.807, 2.05) is 4.90 Å². The van der Waals surface area contributed by atoms with Crippen molar-refractivity contribution in [1.82, 2.24) is 15.1 Å². The summed E-state index contributed by atoms with van der Waals surface area (Å²) in [5.74, 6) is 0.149. The Morgan fingerprint density at radius 3 is 2.86 bits per heavy atom. The van der Waals surface area contributed by atoms with Gasteiger partial charge in [0.2, 0.25) is 5.91 Å². The average molecular weight is 200 g/mol. The summed E-state index contributed by atoms with van der Waals surface area (Å²) in [6.07, 6.45) is 0. The third kappa shape index (κ3) is 2.67. The standard InChI is InChI=1S/C9H20N4O/c1-11-6-9(14)13-4-3-12(2)7-8(13)5-10/h8,11H,3-7,10H2,1-2H3/t8-/m1/s1. The summed E-state index contributed by atoms with van der Waals surface area (Å²) in [7, 11) is 3.84. The van der Waals surface area contributed by atoms with Gasteiger partial charge in [-0.05, 0) is 14.1 Å². The fourth-order valence-corrected chi connectivity index (χ4v) is 1.79. The van der Waals surface area contributed by atoms with Gasteiger partial charge >= 0.3 is 0 Å². The third-order valence-electron chi connectivity index (χ3n) is 2.61. The number of hydrogen-bond acceptors (Lipinski definition) is 4. The van der Waals surface area contributed by atoms with Gasteiger partial charge in [0.15, 0.2) is 0 Å². The topological polar surface area (TPSA) is 61.6 Å². The Hall–Kier alpha value is -0.650. The number of carbonyl (C=O) groups excluding carboxylic acids is 1. The second-order valence-corrected chi connectivity index (χ2v) is 3.77. The van der Waals surface area contributed by atoms with Crippen molar-refractivity contribution >= 4 is 5.91 Å². The van der Waals surface area contributed by atoms with Gasteiger partial charge in [-0.2, -0.15) is 0 Å². The lowest BCUT2D eigenvalue weighted by atomic mass is 10.1. The van der Waals surface area contributed by atoms with E-state index in [0.717, 1.165) is 19.6 Å². The van der Waals surface area contributed by atoms with Crippen LogP contribution < -0.4 is 11.1 Å². The lowest BCUT2D eigenvalue weighted by molar-refractivity contribution is -0.134. The van der Waals surface area contributed by atoms with Gasteiger partial charge in [-0.3, -0.25) is 4.79 Å². The van der Waals surface area contributed by atoms with Gasteiger partial charge in [0, 0.05) is 26.2 Å². The fourth-order valence-electron chi connectivity index (χ4n) is 1.79. The van der Waals surface area contributed by atoms with Crippen LogP contribution in [-0.4, -0.2) is 68.6 Å². The van der Waals surface area contributed by atoms with E-state index in [4.69, 9.17) is 5.73 Å². The average Bonchev–Trinajstić information content (AvgIpc) is 2.17. The van der Waals surface area contributed by atoms with E-state index in [2.05, 4.69) is 17.3 Å². The highest BCUT2D eigenvalue weighted by Crippen LogP contribution is 2.07. The number of hydrogen-bond donors (Lipinski definition) is 2. The van der Waals surface area contributed by atoms with Crippen molar-refractivity contribution in [3.63, 3.8) is 0 Å². The molecule has 5 nitrogen and oxygen atoms in total. The van der Waals surface area contributed by atoms with Gasteiger partial charge in [0.25, 0.3) is 0 Å². The molecule has 0 unspecified atom stereocenters. The number of rotatable bonds is 3. The van der Waals surface area contributed by atoms with E-state index < -0.39 is 0 Å². The number of nitrogens with zero attached hydrogens (tertiary/aromatic N) is 2. The maximum absolute atomic E-state index is 11.7. The Kier molecular flexibility index (Phi) is 4.31. The molecule has 14 heavy (non-hydrogen) atoms. The van der Waals surface area contributed by atoms with Crippen LogP contribution in [0.15, 0.2) is 0 Å². The predicted octanol–water partition coefficient (Wildman–Crippen LogP) is -1.69. The maximum Gasteiger partial charge on any atom is 0.236 e. The van der Waals surface area contributed by atoms with Gasteiger partial charge in [-0.25, -0.2) is 0 Å². The molecule has 0 saturated carbocycles. The Bertz CT molecular complexity index is 197. The molecule has 1 fully saturated rings. The molecule has 0 aromatic heterocycles. The number of piperazine rings is 1. The summed E-state index contributed by atoms with van der Waals surface area (Å²) in [5, 5.41) is 2.87. The van der Waals surface area contributed by atoms with E-state index in [9.17, 15) is 4.79 Å². The SMILES string of the molecule is CNCC(=O)N1CCN(C)C[C@H]1CN. The highest BCUT2D eigenvalue weighted by Gasteiger charge is 2.27.